The maximum atomic E-state index is 13.9. The smallest absolute Gasteiger partial charge is 0.243 e. The van der Waals surface area contributed by atoms with Gasteiger partial charge >= 0.3 is 0 Å². The van der Waals surface area contributed by atoms with E-state index in [0.29, 0.717) is 28.6 Å². The van der Waals surface area contributed by atoms with E-state index in [-0.39, 0.29) is 50.6 Å². The van der Waals surface area contributed by atoms with Crippen molar-refractivity contribution >= 4 is 39.1 Å². The van der Waals surface area contributed by atoms with E-state index in [1.807, 2.05) is 56.3 Å². The van der Waals surface area contributed by atoms with Gasteiger partial charge in [-0.25, -0.2) is 8.42 Å². The van der Waals surface area contributed by atoms with E-state index >= 15 is 0 Å². The normalized spacial score (nSPS) is 13.1. The molecule has 0 spiro atoms. The SMILES string of the molecule is CC(C)NC(=O)C(Cc1ccccc1)N(Cc1ccc(Cl)cc1)C(=O)CCCN(c1ccc2c(c1)OCO2)S(C)(=O)=O. The molecule has 2 amide bonds. The van der Waals surface area contributed by atoms with Crippen LogP contribution in [0.4, 0.5) is 5.69 Å². The van der Waals surface area contributed by atoms with Gasteiger partial charge in [-0.3, -0.25) is 13.9 Å². The molecule has 0 saturated carbocycles. The molecular weight excluding hydrogens is 578 g/mol. The molecule has 1 atom stereocenters. The van der Waals surface area contributed by atoms with Gasteiger partial charge in [0.15, 0.2) is 11.5 Å². The number of nitrogens with one attached hydrogen (secondary N) is 1. The van der Waals surface area contributed by atoms with Gasteiger partial charge in [0.25, 0.3) is 0 Å². The number of nitrogens with zero attached hydrogens (tertiary/aromatic N) is 2. The Balaban J connectivity index is 1.57. The van der Waals surface area contributed by atoms with Crippen LogP contribution in [0, 0.1) is 0 Å². The number of benzene rings is 3. The summed E-state index contributed by atoms with van der Waals surface area (Å²) in [6, 6.07) is 20.7. The predicted molar refractivity (Wildman–Crippen MR) is 163 cm³/mol. The minimum Gasteiger partial charge on any atom is -0.454 e. The number of hydrogen-bond acceptors (Lipinski definition) is 6. The van der Waals surface area contributed by atoms with Crippen molar-refractivity contribution in [2.75, 3.05) is 23.9 Å². The van der Waals surface area contributed by atoms with Gasteiger partial charge in [0.2, 0.25) is 28.6 Å². The van der Waals surface area contributed by atoms with Crippen LogP contribution in [0.2, 0.25) is 5.02 Å². The third kappa shape index (κ3) is 8.39. The van der Waals surface area contributed by atoms with E-state index in [1.165, 1.54) is 4.31 Å². The first-order valence-electron chi connectivity index (χ1n) is 13.8. The average molecular weight is 614 g/mol. The molecule has 0 fully saturated rings. The highest BCUT2D eigenvalue weighted by molar-refractivity contribution is 7.92. The Bertz CT molecular complexity index is 1480. The predicted octanol–water partition coefficient (Wildman–Crippen LogP) is 4.78. The highest BCUT2D eigenvalue weighted by atomic mass is 35.5. The zero-order valence-electron chi connectivity index (χ0n) is 24.0. The first kappa shape index (κ1) is 31.2. The fourth-order valence-electron chi connectivity index (χ4n) is 4.77. The van der Waals surface area contributed by atoms with Gasteiger partial charge in [-0.15, -0.1) is 0 Å². The maximum absolute atomic E-state index is 13.9. The monoisotopic (exact) mass is 613 g/mol. The molecule has 224 valence electrons. The van der Waals surface area contributed by atoms with E-state index in [0.717, 1.165) is 17.4 Å². The number of sulfonamides is 1. The van der Waals surface area contributed by atoms with E-state index < -0.39 is 16.1 Å². The molecule has 4 rings (SSSR count). The number of fused-ring (bicyclic) bond motifs is 1. The van der Waals surface area contributed by atoms with Crippen LogP contribution < -0.4 is 19.1 Å². The molecule has 0 aromatic heterocycles. The van der Waals surface area contributed by atoms with Gasteiger partial charge in [-0.05, 0) is 55.7 Å². The van der Waals surface area contributed by atoms with Crippen LogP contribution in [0.25, 0.3) is 0 Å². The molecule has 3 aromatic carbocycles. The number of rotatable bonds is 13. The van der Waals surface area contributed by atoms with Crippen LogP contribution in [0.1, 0.15) is 37.8 Å². The Morgan fingerprint density at radius 2 is 1.64 bits per heavy atom. The molecule has 0 aliphatic carbocycles. The Morgan fingerprint density at radius 1 is 0.952 bits per heavy atom. The standard InChI is InChI=1S/C31H36ClN3O6S/c1-22(2)33-31(37)27(18-23-8-5-4-6-9-23)34(20-24-11-13-25(32)14-12-24)30(36)10-7-17-35(42(3,38)39)26-15-16-28-29(19-26)41-21-40-28/h4-6,8-9,11-16,19,22,27H,7,10,17-18,20-21H2,1-3H3,(H,33,37). The highest BCUT2D eigenvalue weighted by Gasteiger charge is 2.31. The molecule has 1 aliphatic rings. The largest absolute Gasteiger partial charge is 0.454 e. The Kier molecular flexibility index (Phi) is 10.3. The molecule has 1 heterocycles. The Labute approximate surface area is 252 Å². The fraction of sp³-hybridized carbons (Fsp3) is 0.355. The lowest BCUT2D eigenvalue weighted by atomic mass is 10.0. The number of halogens is 1. The average Bonchev–Trinajstić information content (AvgIpc) is 3.41. The Hall–Kier alpha value is -3.76. The second kappa shape index (κ2) is 13.9. The van der Waals surface area contributed by atoms with Crippen molar-refractivity contribution in [1.82, 2.24) is 10.2 Å². The van der Waals surface area contributed by atoms with Crippen molar-refractivity contribution in [3.63, 3.8) is 0 Å². The van der Waals surface area contributed by atoms with Crippen molar-refractivity contribution < 1.29 is 27.5 Å². The molecule has 11 heteroatoms. The number of anilines is 1. The van der Waals surface area contributed by atoms with Gasteiger partial charge < -0.3 is 19.7 Å². The second-order valence-corrected chi connectivity index (χ2v) is 12.8. The van der Waals surface area contributed by atoms with Crippen molar-refractivity contribution in [3.05, 3.63) is 88.9 Å². The van der Waals surface area contributed by atoms with Crippen LogP contribution in [-0.2, 0) is 32.6 Å². The van der Waals surface area contributed by atoms with Crippen LogP contribution in [0.5, 0.6) is 11.5 Å². The molecule has 9 nitrogen and oxygen atoms in total. The summed E-state index contributed by atoms with van der Waals surface area (Å²) in [5, 5.41) is 3.53. The van der Waals surface area contributed by atoms with Gasteiger partial charge in [-0.2, -0.15) is 0 Å². The lowest BCUT2D eigenvalue weighted by Crippen LogP contribution is -2.51. The van der Waals surface area contributed by atoms with Gasteiger partial charge in [0.1, 0.15) is 6.04 Å². The zero-order valence-corrected chi connectivity index (χ0v) is 25.5. The van der Waals surface area contributed by atoms with E-state index in [9.17, 15) is 18.0 Å². The summed E-state index contributed by atoms with van der Waals surface area (Å²) in [7, 11) is -3.65. The van der Waals surface area contributed by atoms with Crippen LogP contribution in [0.15, 0.2) is 72.8 Å². The first-order chi connectivity index (χ1) is 20.0. The van der Waals surface area contributed by atoms with Crippen LogP contribution in [-0.4, -0.2) is 56.8 Å². The number of ether oxygens (including phenoxy) is 2. The summed E-state index contributed by atoms with van der Waals surface area (Å²) in [6.45, 7) is 4.08. The van der Waals surface area contributed by atoms with E-state index in [2.05, 4.69) is 5.32 Å². The number of amides is 2. The molecule has 1 N–H and O–H groups in total. The summed E-state index contributed by atoms with van der Waals surface area (Å²) in [4.78, 5) is 29.0. The van der Waals surface area contributed by atoms with Gasteiger partial charge in [-0.1, -0.05) is 54.1 Å². The fourth-order valence-corrected chi connectivity index (χ4v) is 5.85. The summed E-state index contributed by atoms with van der Waals surface area (Å²) in [5.41, 5.74) is 2.16. The van der Waals surface area contributed by atoms with Crippen molar-refractivity contribution in [1.29, 1.82) is 0 Å². The summed E-state index contributed by atoms with van der Waals surface area (Å²) in [6.07, 6.45) is 1.72. The molecule has 0 saturated heterocycles. The maximum Gasteiger partial charge on any atom is 0.243 e. The number of carbonyl (C=O) groups is 2. The van der Waals surface area contributed by atoms with E-state index in [4.69, 9.17) is 21.1 Å². The molecule has 42 heavy (non-hydrogen) atoms. The quantitative estimate of drug-likeness (QED) is 0.298. The molecule has 3 aromatic rings. The van der Waals surface area contributed by atoms with Gasteiger partial charge in [0, 0.05) is 43.1 Å². The lowest BCUT2D eigenvalue weighted by Gasteiger charge is -2.32. The summed E-state index contributed by atoms with van der Waals surface area (Å²) < 4.78 is 37.4. The van der Waals surface area contributed by atoms with Crippen LogP contribution in [0.3, 0.4) is 0 Å². The van der Waals surface area contributed by atoms with Gasteiger partial charge in [0.05, 0.1) is 11.9 Å². The molecule has 1 unspecified atom stereocenters. The topological polar surface area (TPSA) is 105 Å². The third-order valence-electron chi connectivity index (χ3n) is 6.76. The minimum absolute atomic E-state index is 0.0322. The van der Waals surface area contributed by atoms with Crippen molar-refractivity contribution in [2.24, 2.45) is 0 Å². The molecule has 0 bridgehead atoms. The van der Waals surface area contributed by atoms with E-state index in [1.54, 1.807) is 35.2 Å². The third-order valence-corrected chi connectivity index (χ3v) is 8.21. The van der Waals surface area contributed by atoms with Crippen molar-refractivity contribution in [3.8, 4) is 11.5 Å². The summed E-state index contributed by atoms with van der Waals surface area (Å²) in [5.74, 6) is 0.494. The summed E-state index contributed by atoms with van der Waals surface area (Å²) >= 11 is 6.09. The second-order valence-electron chi connectivity index (χ2n) is 10.5. The number of hydrogen-bond donors (Lipinski definition) is 1. The first-order valence-corrected chi connectivity index (χ1v) is 16.0. The zero-order chi connectivity index (χ0) is 30.3. The molecule has 0 radical (unpaired) electrons. The van der Waals surface area contributed by atoms with Crippen LogP contribution >= 0.6 is 11.6 Å². The molecule has 1 aliphatic heterocycles. The van der Waals surface area contributed by atoms with Crippen molar-refractivity contribution in [2.45, 2.75) is 51.7 Å². The minimum atomic E-state index is -3.65. The molecular formula is C31H36ClN3O6S. The lowest BCUT2D eigenvalue weighted by molar-refractivity contribution is -0.141. The number of carbonyl (C=O) groups excluding carboxylic acids is 2. The highest BCUT2D eigenvalue weighted by Crippen LogP contribution is 2.36. The Morgan fingerprint density at radius 3 is 2.31 bits per heavy atom.